The Kier molecular flexibility index (Phi) is 9.40. The molecule has 3 aliphatic heterocycles. The van der Waals surface area contributed by atoms with Crippen LogP contribution in [0.5, 0.6) is 11.5 Å². The third kappa shape index (κ3) is 6.85. The van der Waals surface area contributed by atoms with Gasteiger partial charge >= 0.3 is 6.09 Å². The van der Waals surface area contributed by atoms with Crippen LogP contribution in [0.15, 0.2) is 77.5 Å². The monoisotopic (exact) mass is 651 g/mol. The van der Waals surface area contributed by atoms with Crippen LogP contribution in [-0.4, -0.2) is 51.0 Å². The van der Waals surface area contributed by atoms with Crippen LogP contribution in [0, 0.1) is 11.1 Å². The molecule has 0 radical (unpaired) electrons. The van der Waals surface area contributed by atoms with Crippen molar-refractivity contribution in [3.63, 3.8) is 0 Å². The highest BCUT2D eigenvalue weighted by Crippen LogP contribution is 2.38. The molecule has 2 aromatic heterocycles. The second-order valence-corrected chi connectivity index (χ2v) is 12.3. The summed E-state index contributed by atoms with van der Waals surface area (Å²) >= 11 is 13.0. The third-order valence-corrected chi connectivity index (χ3v) is 9.40. The Balaban J connectivity index is 1.31. The number of piperidine rings is 3. The van der Waals surface area contributed by atoms with Gasteiger partial charge in [-0.3, -0.25) is 9.80 Å². The average Bonchev–Trinajstić information content (AvgIpc) is 3.52. The zero-order valence-corrected chi connectivity index (χ0v) is 26.7. The van der Waals surface area contributed by atoms with E-state index in [1.54, 1.807) is 19.1 Å². The number of hydrogen-bond acceptors (Lipinski definition) is 7. The lowest BCUT2D eigenvalue weighted by Gasteiger charge is -2.44. The van der Waals surface area contributed by atoms with Crippen LogP contribution >= 0.6 is 23.2 Å². The fourth-order valence-electron chi connectivity index (χ4n) is 6.31. The Morgan fingerprint density at radius 1 is 1.02 bits per heavy atom. The third-order valence-electron chi connectivity index (χ3n) is 8.75. The maximum Gasteiger partial charge on any atom is 0.415 e. The highest BCUT2D eigenvalue weighted by Gasteiger charge is 2.37. The van der Waals surface area contributed by atoms with E-state index < -0.39 is 6.09 Å². The first kappa shape index (κ1) is 31.1. The van der Waals surface area contributed by atoms with E-state index in [2.05, 4.69) is 4.90 Å². The highest BCUT2D eigenvalue weighted by atomic mass is 35.5. The molecule has 236 valence electrons. The Bertz CT molecular complexity index is 1620. The van der Waals surface area contributed by atoms with Crippen molar-refractivity contribution in [2.75, 3.05) is 38.8 Å². The number of nitrogens with zero attached hydrogens (tertiary/aromatic N) is 3. The first-order valence-corrected chi connectivity index (χ1v) is 15.7. The second-order valence-electron chi connectivity index (χ2n) is 11.4. The summed E-state index contributed by atoms with van der Waals surface area (Å²) in [7, 11) is 3.15. The summed E-state index contributed by atoms with van der Waals surface area (Å²) in [6.45, 7) is 3.07. The van der Waals surface area contributed by atoms with Crippen molar-refractivity contribution >= 4 is 35.0 Å². The highest BCUT2D eigenvalue weighted by molar-refractivity contribution is 6.35. The van der Waals surface area contributed by atoms with E-state index in [1.165, 1.54) is 12.4 Å². The lowest BCUT2D eigenvalue weighted by atomic mass is 9.86. The predicted octanol–water partition coefficient (Wildman–Crippen LogP) is 6.85. The van der Waals surface area contributed by atoms with E-state index in [4.69, 9.17) is 41.8 Å². The van der Waals surface area contributed by atoms with Crippen LogP contribution in [0.4, 0.5) is 10.5 Å². The molecule has 0 unspecified atom stereocenters. The van der Waals surface area contributed by atoms with E-state index >= 15 is 0 Å². The van der Waals surface area contributed by atoms with E-state index in [0.29, 0.717) is 51.3 Å². The average molecular weight is 653 g/mol. The number of para-hydroxylation sites is 1. The maximum absolute atomic E-state index is 13.7. The number of amides is 1. The fourth-order valence-corrected chi connectivity index (χ4v) is 6.91. The van der Waals surface area contributed by atoms with Gasteiger partial charge in [0.15, 0.2) is 23.9 Å². The van der Waals surface area contributed by atoms with Crippen LogP contribution in [-0.2, 0) is 17.7 Å². The molecule has 0 N–H and O–H groups in total. The lowest BCUT2D eigenvalue weighted by Crippen LogP contribution is -2.53. The van der Waals surface area contributed by atoms with E-state index in [0.717, 1.165) is 38.0 Å². The Labute approximate surface area is 272 Å². The minimum Gasteiger partial charge on any atom is -0.619 e. The molecular weight excluding hydrogens is 617 g/mol. The number of anilines is 1. The largest absolute Gasteiger partial charge is 0.619 e. The minimum atomic E-state index is -0.400. The van der Waals surface area contributed by atoms with E-state index in [-0.39, 0.29) is 28.6 Å². The molecule has 0 aliphatic carbocycles. The summed E-state index contributed by atoms with van der Waals surface area (Å²) in [6, 6.07) is 18.8. The van der Waals surface area contributed by atoms with Crippen molar-refractivity contribution in [3.05, 3.63) is 111 Å². The fraction of sp³-hybridized carbons (Fsp3) is 0.353. The van der Waals surface area contributed by atoms with Gasteiger partial charge in [0, 0.05) is 23.7 Å². The van der Waals surface area contributed by atoms with Gasteiger partial charge in [0.05, 0.1) is 20.8 Å². The van der Waals surface area contributed by atoms with Gasteiger partial charge in [-0.05, 0) is 80.2 Å². The van der Waals surface area contributed by atoms with Gasteiger partial charge in [0.25, 0.3) is 0 Å². The molecule has 2 aromatic carbocycles. The number of halogens is 2. The van der Waals surface area contributed by atoms with Crippen molar-refractivity contribution in [3.8, 4) is 11.5 Å². The van der Waals surface area contributed by atoms with Crippen LogP contribution in [0.2, 0.25) is 10.0 Å². The molecule has 5 heterocycles. The minimum absolute atomic E-state index is 0.124. The van der Waals surface area contributed by atoms with Gasteiger partial charge in [-0.2, -0.15) is 4.73 Å². The molecule has 3 fully saturated rings. The van der Waals surface area contributed by atoms with Crippen LogP contribution in [0.3, 0.4) is 0 Å². The first-order valence-electron chi connectivity index (χ1n) is 15.0. The second kappa shape index (κ2) is 13.6. The summed E-state index contributed by atoms with van der Waals surface area (Å²) in [5, 5.41) is 12.4. The number of ether oxygens (including phenoxy) is 3. The van der Waals surface area contributed by atoms with Crippen molar-refractivity contribution < 1.29 is 28.2 Å². The van der Waals surface area contributed by atoms with Crippen LogP contribution in [0.25, 0.3) is 0 Å². The Hall–Kier alpha value is -3.92. The van der Waals surface area contributed by atoms with Gasteiger partial charge in [-0.1, -0.05) is 47.5 Å². The molecule has 2 bridgehead atoms. The quantitative estimate of drug-likeness (QED) is 0.137. The number of methoxy groups -OCH3 is 2. The number of aromatic nitrogens is 1. The van der Waals surface area contributed by atoms with Crippen LogP contribution in [0.1, 0.15) is 41.4 Å². The van der Waals surface area contributed by atoms with Gasteiger partial charge in [-0.15, -0.1) is 0 Å². The zero-order valence-electron chi connectivity index (χ0n) is 25.2. The van der Waals surface area contributed by atoms with E-state index in [1.807, 2.05) is 60.7 Å². The molecule has 0 spiro atoms. The Morgan fingerprint density at radius 2 is 1.73 bits per heavy atom. The van der Waals surface area contributed by atoms with Gasteiger partial charge in [-0.25, -0.2) is 4.79 Å². The Morgan fingerprint density at radius 3 is 2.38 bits per heavy atom. The number of carbonyl (C=O) groups is 1. The van der Waals surface area contributed by atoms with Crippen molar-refractivity contribution in [2.45, 2.75) is 37.8 Å². The number of fused-ring (bicyclic) bond motifs is 3. The molecule has 1 amide bonds. The van der Waals surface area contributed by atoms with Crippen molar-refractivity contribution in [1.29, 1.82) is 0 Å². The normalized spacial score (nSPS) is 19.6. The molecular formula is C34H35Cl2N3O6. The number of benzene rings is 2. The molecule has 2 atom stereocenters. The van der Waals surface area contributed by atoms with E-state index in [9.17, 15) is 10.0 Å². The van der Waals surface area contributed by atoms with Gasteiger partial charge in [0.1, 0.15) is 27.7 Å². The standard InChI is InChI=1S/C34H35Cl2N3O6/c1-42-31-10-8-23(16-32(31)43-2)26(17-27-28(35)19-38(41)20-29(27)36)30-11-9-25(44-30)18-39(24-6-4-3-5-7-24)34(40)45-33-21-37-14-12-22(33)13-15-37/h3-11,16,19-20,22,26,33H,12-15,17-18,21H2,1-2H3/t26-,33-/m0/s1. The molecule has 11 heteroatoms. The molecule has 3 saturated heterocycles. The molecule has 9 nitrogen and oxygen atoms in total. The summed E-state index contributed by atoms with van der Waals surface area (Å²) in [4.78, 5) is 17.7. The predicted molar refractivity (Wildman–Crippen MR) is 171 cm³/mol. The van der Waals surface area contributed by atoms with Gasteiger partial charge < -0.3 is 23.8 Å². The first-order chi connectivity index (χ1) is 21.8. The topological polar surface area (TPSA) is 91.3 Å². The summed E-state index contributed by atoms with van der Waals surface area (Å²) in [5.41, 5.74) is 2.18. The molecule has 7 rings (SSSR count). The van der Waals surface area contributed by atoms with Gasteiger partial charge in [0.2, 0.25) is 0 Å². The van der Waals surface area contributed by atoms with Crippen LogP contribution < -0.4 is 19.1 Å². The molecule has 0 saturated carbocycles. The number of pyridine rings is 1. The summed E-state index contributed by atoms with van der Waals surface area (Å²) in [6.07, 6.45) is 4.47. The number of carbonyl (C=O) groups excluding carboxylic acids is 1. The number of furan rings is 1. The molecule has 45 heavy (non-hydrogen) atoms. The smallest absolute Gasteiger partial charge is 0.415 e. The van der Waals surface area contributed by atoms with Crippen molar-refractivity contribution in [1.82, 2.24) is 4.90 Å². The zero-order chi connectivity index (χ0) is 31.5. The molecule has 3 aliphatic rings. The maximum atomic E-state index is 13.7. The van der Waals surface area contributed by atoms with Crippen molar-refractivity contribution in [2.24, 2.45) is 5.92 Å². The summed E-state index contributed by atoms with van der Waals surface area (Å²) < 4.78 is 24.2. The summed E-state index contributed by atoms with van der Waals surface area (Å²) in [5.74, 6) is 2.38. The molecule has 4 aromatic rings. The SMILES string of the molecule is COc1ccc([C@H](Cc2c(Cl)c[n+]([O-])cc2Cl)c2ccc(CN(C(=O)O[C@H]3CN4CCC3CC4)c3ccccc3)o2)cc1OC. The lowest BCUT2D eigenvalue weighted by molar-refractivity contribution is -0.605. The number of hydrogen-bond donors (Lipinski definition) is 0. The number of rotatable bonds is 10.